The number of rotatable bonds is 5. The molecule has 0 radical (unpaired) electrons. The fourth-order valence-corrected chi connectivity index (χ4v) is 1.47. The molecule has 0 aromatic carbocycles. The van der Waals surface area contributed by atoms with E-state index in [0.29, 0.717) is 12.1 Å². The normalized spacial score (nSPS) is 13.5. The quantitative estimate of drug-likeness (QED) is 0.755. The van der Waals surface area contributed by atoms with Crippen LogP contribution in [0, 0.1) is 0 Å². The number of nitrogens with one attached hydrogen (secondary N) is 1. The van der Waals surface area contributed by atoms with Gasteiger partial charge in [0.1, 0.15) is 5.76 Å². The summed E-state index contributed by atoms with van der Waals surface area (Å²) in [5.41, 5.74) is 0. The second-order valence-electron chi connectivity index (χ2n) is 3.84. The number of hydrogen-bond donors (Lipinski definition) is 1. The van der Waals surface area contributed by atoms with Crippen molar-refractivity contribution in [1.82, 2.24) is 5.32 Å². The molecule has 1 atom stereocenters. The van der Waals surface area contributed by atoms with E-state index in [9.17, 15) is 0 Å². The van der Waals surface area contributed by atoms with E-state index in [1.54, 1.807) is 6.26 Å². The van der Waals surface area contributed by atoms with Crippen molar-refractivity contribution in [3.63, 3.8) is 0 Å². The van der Waals surface area contributed by atoms with Gasteiger partial charge in [-0.05, 0) is 25.5 Å². The minimum absolute atomic E-state index is 0.560. The molecule has 1 aromatic rings. The van der Waals surface area contributed by atoms with Crippen LogP contribution in [0.25, 0.3) is 0 Å². The van der Waals surface area contributed by atoms with Crippen molar-refractivity contribution in [3.05, 3.63) is 24.2 Å². The van der Waals surface area contributed by atoms with Gasteiger partial charge in [0.25, 0.3) is 0 Å². The monoisotopic (exact) mass is 181 g/mol. The van der Waals surface area contributed by atoms with Gasteiger partial charge < -0.3 is 9.73 Å². The highest BCUT2D eigenvalue weighted by atomic mass is 16.3. The van der Waals surface area contributed by atoms with E-state index in [2.05, 4.69) is 26.1 Å². The average Bonchev–Trinajstić information content (AvgIpc) is 2.51. The maximum absolute atomic E-state index is 5.26. The van der Waals surface area contributed by atoms with Gasteiger partial charge >= 0.3 is 0 Å². The topological polar surface area (TPSA) is 25.2 Å². The number of hydrogen-bond acceptors (Lipinski definition) is 2. The van der Waals surface area contributed by atoms with Gasteiger partial charge in [-0.15, -0.1) is 0 Å². The van der Waals surface area contributed by atoms with Gasteiger partial charge in [-0.25, -0.2) is 0 Å². The van der Waals surface area contributed by atoms with Gasteiger partial charge in [-0.1, -0.05) is 13.8 Å². The molecule has 2 nitrogen and oxygen atoms in total. The lowest BCUT2D eigenvalue weighted by Gasteiger charge is -2.15. The van der Waals surface area contributed by atoms with Gasteiger partial charge in [0.2, 0.25) is 0 Å². The second-order valence-corrected chi connectivity index (χ2v) is 3.84. The predicted octanol–water partition coefficient (Wildman–Crippen LogP) is 2.60. The maximum Gasteiger partial charge on any atom is 0.103 e. The third-order valence-electron chi connectivity index (χ3n) is 2.02. The van der Waals surface area contributed by atoms with Crippen LogP contribution in [0.3, 0.4) is 0 Å². The van der Waals surface area contributed by atoms with E-state index in [0.717, 1.165) is 18.6 Å². The summed E-state index contributed by atoms with van der Waals surface area (Å²) in [4.78, 5) is 0. The first-order valence-electron chi connectivity index (χ1n) is 4.97. The first kappa shape index (κ1) is 10.3. The van der Waals surface area contributed by atoms with Crippen LogP contribution in [0.1, 0.15) is 33.0 Å². The first-order chi connectivity index (χ1) is 6.18. The Kier molecular flexibility index (Phi) is 4.03. The molecule has 13 heavy (non-hydrogen) atoms. The van der Waals surface area contributed by atoms with E-state index in [4.69, 9.17) is 4.42 Å². The minimum atomic E-state index is 0.560. The third-order valence-corrected chi connectivity index (χ3v) is 2.02. The summed E-state index contributed by atoms with van der Waals surface area (Å²) >= 11 is 0. The SMILES string of the molecule is CC(C)NC(C)CCc1ccco1. The van der Waals surface area contributed by atoms with Crippen LogP contribution in [-0.4, -0.2) is 12.1 Å². The van der Waals surface area contributed by atoms with E-state index in [1.807, 2.05) is 12.1 Å². The van der Waals surface area contributed by atoms with E-state index in [-0.39, 0.29) is 0 Å². The molecule has 0 aliphatic heterocycles. The summed E-state index contributed by atoms with van der Waals surface area (Å²) in [6.07, 6.45) is 3.88. The van der Waals surface area contributed by atoms with Crippen LogP contribution >= 0.6 is 0 Å². The largest absolute Gasteiger partial charge is 0.469 e. The zero-order chi connectivity index (χ0) is 9.68. The van der Waals surface area contributed by atoms with Gasteiger partial charge in [0.05, 0.1) is 6.26 Å². The molecule has 74 valence electrons. The highest BCUT2D eigenvalue weighted by Crippen LogP contribution is 2.05. The van der Waals surface area contributed by atoms with Crippen LogP contribution in [0.2, 0.25) is 0 Å². The Labute approximate surface area is 80.3 Å². The molecule has 0 spiro atoms. The van der Waals surface area contributed by atoms with Crippen LogP contribution in [-0.2, 0) is 6.42 Å². The standard InChI is InChI=1S/C11H19NO/c1-9(2)12-10(3)6-7-11-5-4-8-13-11/h4-5,8-10,12H,6-7H2,1-3H3. The van der Waals surface area contributed by atoms with Crippen molar-refractivity contribution in [3.8, 4) is 0 Å². The van der Waals surface area contributed by atoms with Gasteiger partial charge in [-0.2, -0.15) is 0 Å². The molecule has 0 amide bonds. The Morgan fingerprint density at radius 1 is 1.38 bits per heavy atom. The van der Waals surface area contributed by atoms with Crippen molar-refractivity contribution in [2.45, 2.75) is 45.7 Å². The molecular formula is C11H19NO. The third kappa shape index (κ3) is 4.13. The van der Waals surface area contributed by atoms with Crippen molar-refractivity contribution < 1.29 is 4.42 Å². The summed E-state index contributed by atoms with van der Waals surface area (Å²) in [6, 6.07) is 5.09. The molecule has 0 fully saturated rings. The Balaban J connectivity index is 2.19. The Bertz CT molecular complexity index is 216. The fraction of sp³-hybridized carbons (Fsp3) is 0.636. The smallest absolute Gasteiger partial charge is 0.103 e. The highest BCUT2D eigenvalue weighted by Gasteiger charge is 2.04. The van der Waals surface area contributed by atoms with Gasteiger partial charge in [-0.3, -0.25) is 0 Å². The summed E-state index contributed by atoms with van der Waals surface area (Å²) in [5.74, 6) is 1.08. The molecule has 0 saturated carbocycles. The van der Waals surface area contributed by atoms with Crippen molar-refractivity contribution in [2.24, 2.45) is 0 Å². The molecule has 1 unspecified atom stereocenters. The van der Waals surface area contributed by atoms with Crippen LogP contribution in [0.5, 0.6) is 0 Å². The Hall–Kier alpha value is -0.760. The summed E-state index contributed by atoms with van der Waals surface area (Å²) in [6.45, 7) is 6.55. The number of furan rings is 1. The summed E-state index contributed by atoms with van der Waals surface area (Å²) in [7, 11) is 0. The lowest BCUT2D eigenvalue weighted by atomic mass is 10.1. The van der Waals surface area contributed by atoms with Crippen molar-refractivity contribution >= 4 is 0 Å². The molecule has 1 heterocycles. The van der Waals surface area contributed by atoms with Gasteiger partial charge in [0.15, 0.2) is 0 Å². The molecule has 1 aromatic heterocycles. The molecule has 1 rings (SSSR count). The number of aryl methyl sites for hydroxylation is 1. The lowest BCUT2D eigenvalue weighted by molar-refractivity contribution is 0.436. The minimum Gasteiger partial charge on any atom is -0.469 e. The van der Waals surface area contributed by atoms with Crippen LogP contribution in [0.15, 0.2) is 22.8 Å². The molecule has 0 aliphatic carbocycles. The van der Waals surface area contributed by atoms with E-state index < -0.39 is 0 Å². The molecule has 0 saturated heterocycles. The Morgan fingerprint density at radius 3 is 2.69 bits per heavy atom. The van der Waals surface area contributed by atoms with Crippen molar-refractivity contribution in [2.75, 3.05) is 0 Å². The molecule has 2 heteroatoms. The zero-order valence-electron chi connectivity index (χ0n) is 8.71. The zero-order valence-corrected chi connectivity index (χ0v) is 8.71. The summed E-state index contributed by atoms with van der Waals surface area (Å²) < 4.78 is 5.26. The van der Waals surface area contributed by atoms with Crippen molar-refractivity contribution in [1.29, 1.82) is 0 Å². The maximum atomic E-state index is 5.26. The molecule has 0 bridgehead atoms. The second kappa shape index (κ2) is 5.07. The lowest BCUT2D eigenvalue weighted by Crippen LogP contribution is -2.32. The van der Waals surface area contributed by atoms with E-state index in [1.165, 1.54) is 0 Å². The molecule has 1 N–H and O–H groups in total. The average molecular weight is 181 g/mol. The molecule has 0 aliphatic rings. The van der Waals surface area contributed by atoms with E-state index >= 15 is 0 Å². The molecular weight excluding hydrogens is 162 g/mol. The fourth-order valence-electron chi connectivity index (χ4n) is 1.47. The van der Waals surface area contributed by atoms with Crippen LogP contribution in [0.4, 0.5) is 0 Å². The van der Waals surface area contributed by atoms with Crippen LogP contribution < -0.4 is 5.32 Å². The summed E-state index contributed by atoms with van der Waals surface area (Å²) in [5, 5.41) is 3.46. The highest BCUT2D eigenvalue weighted by molar-refractivity contribution is 4.98. The Morgan fingerprint density at radius 2 is 2.15 bits per heavy atom. The first-order valence-corrected chi connectivity index (χ1v) is 4.97. The predicted molar refractivity (Wildman–Crippen MR) is 54.8 cm³/mol. The van der Waals surface area contributed by atoms with Gasteiger partial charge in [0, 0.05) is 18.5 Å².